The van der Waals surface area contributed by atoms with Crippen LogP contribution in [-0.2, 0) is 11.3 Å². The van der Waals surface area contributed by atoms with E-state index in [1.54, 1.807) is 0 Å². The Balaban J connectivity index is 1.63. The Hall–Kier alpha value is -2.13. The van der Waals surface area contributed by atoms with Crippen molar-refractivity contribution < 1.29 is 4.79 Å². The Morgan fingerprint density at radius 1 is 1.08 bits per heavy atom. The number of rotatable bonds is 5. The highest BCUT2D eigenvalue weighted by Gasteiger charge is 2.27. The summed E-state index contributed by atoms with van der Waals surface area (Å²) in [4.78, 5) is 14.8. The first-order valence-electron chi connectivity index (χ1n) is 8.94. The quantitative estimate of drug-likeness (QED) is 0.907. The van der Waals surface area contributed by atoms with Gasteiger partial charge in [0.1, 0.15) is 0 Å². The van der Waals surface area contributed by atoms with Gasteiger partial charge in [0.15, 0.2) is 0 Å². The summed E-state index contributed by atoms with van der Waals surface area (Å²) in [5.41, 5.74) is 3.54. The second-order valence-electron chi connectivity index (χ2n) is 6.42. The molecule has 1 unspecified atom stereocenters. The van der Waals surface area contributed by atoms with Crippen molar-refractivity contribution in [3.8, 4) is 11.1 Å². The number of piperidine rings is 1. The van der Waals surface area contributed by atoms with Gasteiger partial charge in [-0.1, -0.05) is 61.9 Å². The summed E-state index contributed by atoms with van der Waals surface area (Å²) in [5, 5.41) is 3.13. The minimum Gasteiger partial charge on any atom is -0.351 e. The highest BCUT2D eigenvalue weighted by atomic mass is 16.2. The van der Waals surface area contributed by atoms with Crippen LogP contribution < -0.4 is 5.32 Å². The number of carbonyl (C=O) groups is 1. The van der Waals surface area contributed by atoms with E-state index in [9.17, 15) is 4.79 Å². The van der Waals surface area contributed by atoms with Crippen molar-refractivity contribution in [2.75, 3.05) is 13.1 Å². The van der Waals surface area contributed by atoms with Gasteiger partial charge >= 0.3 is 0 Å². The Bertz CT molecular complexity index is 669. The van der Waals surface area contributed by atoms with Crippen molar-refractivity contribution >= 4 is 5.91 Å². The molecular weight excluding hydrogens is 296 g/mol. The molecule has 0 radical (unpaired) electrons. The zero-order valence-electron chi connectivity index (χ0n) is 14.4. The molecule has 3 nitrogen and oxygen atoms in total. The molecule has 1 aliphatic rings. The Kier molecular flexibility index (Phi) is 5.65. The van der Waals surface area contributed by atoms with E-state index in [2.05, 4.69) is 53.5 Å². The molecule has 0 saturated carbocycles. The first-order valence-corrected chi connectivity index (χ1v) is 8.94. The van der Waals surface area contributed by atoms with Crippen molar-refractivity contribution in [3.63, 3.8) is 0 Å². The Labute approximate surface area is 144 Å². The third-order valence-electron chi connectivity index (χ3n) is 4.82. The lowest BCUT2D eigenvalue weighted by Crippen LogP contribution is -2.49. The normalized spacial score (nSPS) is 18.3. The van der Waals surface area contributed by atoms with E-state index in [1.807, 2.05) is 18.2 Å². The lowest BCUT2D eigenvalue weighted by Gasteiger charge is -2.33. The summed E-state index contributed by atoms with van der Waals surface area (Å²) in [7, 11) is 0. The van der Waals surface area contributed by atoms with Crippen LogP contribution in [0.15, 0.2) is 54.6 Å². The van der Waals surface area contributed by atoms with Crippen LogP contribution in [0, 0.1) is 0 Å². The topological polar surface area (TPSA) is 32.3 Å². The second-order valence-corrected chi connectivity index (χ2v) is 6.42. The molecule has 1 fully saturated rings. The average Bonchev–Trinajstić information content (AvgIpc) is 2.67. The van der Waals surface area contributed by atoms with Crippen LogP contribution >= 0.6 is 0 Å². The first-order chi connectivity index (χ1) is 11.8. The molecule has 1 aliphatic heterocycles. The summed E-state index contributed by atoms with van der Waals surface area (Å²) >= 11 is 0. The number of amides is 1. The van der Waals surface area contributed by atoms with Crippen LogP contribution in [0.5, 0.6) is 0 Å². The van der Waals surface area contributed by atoms with Gasteiger partial charge in [0, 0.05) is 6.54 Å². The molecule has 3 heteroatoms. The maximum atomic E-state index is 12.5. The van der Waals surface area contributed by atoms with E-state index < -0.39 is 0 Å². The molecule has 2 aromatic rings. The van der Waals surface area contributed by atoms with Crippen LogP contribution in [0.25, 0.3) is 11.1 Å². The van der Waals surface area contributed by atoms with Gasteiger partial charge in [-0.05, 0) is 48.7 Å². The highest BCUT2D eigenvalue weighted by Crippen LogP contribution is 2.20. The zero-order chi connectivity index (χ0) is 16.8. The van der Waals surface area contributed by atoms with Crippen LogP contribution in [0.1, 0.15) is 31.7 Å². The predicted octanol–water partition coefficient (Wildman–Crippen LogP) is 3.84. The number of benzene rings is 2. The van der Waals surface area contributed by atoms with E-state index in [0.29, 0.717) is 6.54 Å². The van der Waals surface area contributed by atoms with Crippen molar-refractivity contribution in [3.05, 3.63) is 60.2 Å². The molecule has 2 aromatic carbocycles. The maximum Gasteiger partial charge on any atom is 0.237 e. The number of hydrogen-bond acceptors (Lipinski definition) is 2. The summed E-state index contributed by atoms with van der Waals surface area (Å²) in [6.07, 6.45) is 3.33. The molecule has 0 spiro atoms. The molecule has 1 heterocycles. The minimum atomic E-state index is 0.0426. The molecule has 126 valence electrons. The van der Waals surface area contributed by atoms with Gasteiger partial charge in [-0.15, -0.1) is 0 Å². The van der Waals surface area contributed by atoms with Gasteiger partial charge in [0.2, 0.25) is 5.91 Å². The average molecular weight is 322 g/mol. The van der Waals surface area contributed by atoms with Gasteiger partial charge in [0.25, 0.3) is 0 Å². The molecule has 0 aliphatic carbocycles. The number of carbonyl (C=O) groups excluding carboxylic acids is 1. The van der Waals surface area contributed by atoms with Crippen LogP contribution in [0.3, 0.4) is 0 Å². The summed E-state index contributed by atoms with van der Waals surface area (Å²) in [6, 6.07) is 18.8. The summed E-state index contributed by atoms with van der Waals surface area (Å²) < 4.78 is 0. The fraction of sp³-hybridized carbons (Fsp3) is 0.381. The molecule has 0 bridgehead atoms. The van der Waals surface area contributed by atoms with Gasteiger partial charge in [0.05, 0.1) is 6.04 Å². The molecule has 3 rings (SSSR count). The number of likely N-dealkylation sites (tertiary alicyclic amines) is 1. The summed E-state index contributed by atoms with van der Waals surface area (Å²) in [6.45, 7) is 4.71. The highest BCUT2D eigenvalue weighted by molar-refractivity contribution is 5.81. The molecular formula is C21H26N2O. The smallest absolute Gasteiger partial charge is 0.237 e. The van der Waals surface area contributed by atoms with Gasteiger partial charge < -0.3 is 5.32 Å². The molecule has 1 N–H and O–H groups in total. The minimum absolute atomic E-state index is 0.0426. The Morgan fingerprint density at radius 3 is 2.67 bits per heavy atom. The largest absolute Gasteiger partial charge is 0.351 e. The molecule has 24 heavy (non-hydrogen) atoms. The SMILES string of the molecule is CCN1CCCCC1C(=O)NCc1cccc(-c2ccccc2)c1. The second kappa shape index (κ2) is 8.11. The number of nitrogens with one attached hydrogen (secondary N) is 1. The molecule has 1 saturated heterocycles. The van der Waals surface area contributed by atoms with E-state index in [4.69, 9.17) is 0 Å². The summed E-state index contributed by atoms with van der Waals surface area (Å²) in [5.74, 6) is 0.168. The van der Waals surface area contributed by atoms with Crippen LogP contribution in [0.2, 0.25) is 0 Å². The number of nitrogens with zero attached hydrogens (tertiary/aromatic N) is 1. The lowest BCUT2D eigenvalue weighted by molar-refractivity contribution is -0.127. The first kappa shape index (κ1) is 16.7. The van der Waals surface area contributed by atoms with Crippen LogP contribution in [-0.4, -0.2) is 29.9 Å². The van der Waals surface area contributed by atoms with Crippen molar-refractivity contribution in [2.45, 2.75) is 38.8 Å². The van der Waals surface area contributed by atoms with Gasteiger partial charge in [-0.25, -0.2) is 0 Å². The molecule has 1 amide bonds. The van der Waals surface area contributed by atoms with Crippen molar-refractivity contribution in [1.82, 2.24) is 10.2 Å². The number of likely N-dealkylation sites (N-methyl/N-ethyl adjacent to an activating group) is 1. The third kappa shape index (κ3) is 4.04. The maximum absolute atomic E-state index is 12.5. The van der Waals surface area contributed by atoms with E-state index in [1.165, 1.54) is 17.5 Å². The van der Waals surface area contributed by atoms with Crippen molar-refractivity contribution in [1.29, 1.82) is 0 Å². The van der Waals surface area contributed by atoms with E-state index >= 15 is 0 Å². The zero-order valence-corrected chi connectivity index (χ0v) is 14.4. The van der Waals surface area contributed by atoms with Crippen molar-refractivity contribution in [2.24, 2.45) is 0 Å². The molecule has 1 atom stereocenters. The fourth-order valence-corrected chi connectivity index (χ4v) is 3.46. The fourth-order valence-electron chi connectivity index (χ4n) is 3.46. The predicted molar refractivity (Wildman–Crippen MR) is 98.6 cm³/mol. The Morgan fingerprint density at radius 2 is 1.88 bits per heavy atom. The van der Waals surface area contributed by atoms with E-state index in [0.717, 1.165) is 31.5 Å². The molecule has 0 aromatic heterocycles. The standard InChI is InChI=1S/C21H26N2O/c1-2-23-14-7-6-13-20(23)21(24)22-16-17-9-8-12-19(15-17)18-10-4-3-5-11-18/h3-5,8-12,15,20H,2,6-7,13-14,16H2,1H3,(H,22,24). The van der Waals surface area contributed by atoms with Crippen LogP contribution in [0.4, 0.5) is 0 Å². The van der Waals surface area contributed by atoms with Gasteiger partial charge in [-0.2, -0.15) is 0 Å². The lowest BCUT2D eigenvalue weighted by atomic mass is 10.0. The van der Waals surface area contributed by atoms with Gasteiger partial charge in [-0.3, -0.25) is 9.69 Å². The van der Waals surface area contributed by atoms with E-state index in [-0.39, 0.29) is 11.9 Å². The number of hydrogen-bond donors (Lipinski definition) is 1. The monoisotopic (exact) mass is 322 g/mol. The third-order valence-corrected chi connectivity index (χ3v) is 4.82.